The molecule has 2 rings (SSSR count). The Hall–Kier alpha value is -1.31. The van der Waals surface area contributed by atoms with Gasteiger partial charge >= 0.3 is 0 Å². The highest BCUT2D eigenvalue weighted by molar-refractivity contribution is 5.94. The normalized spacial score (nSPS) is 16.9. The highest BCUT2D eigenvalue weighted by Crippen LogP contribution is 2.27. The fraction of sp³-hybridized carbons (Fsp3) is 0.533. The van der Waals surface area contributed by atoms with Crippen molar-refractivity contribution in [2.24, 2.45) is 11.7 Å². The number of hydrogen-bond donors (Lipinski definition) is 1. The van der Waals surface area contributed by atoms with Crippen LogP contribution in [0.2, 0.25) is 0 Å². The quantitative estimate of drug-likeness (QED) is 0.849. The first kappa shape index (κ1) is 12.2. The molecule has 0 bridgehead atoms. The molecule has 0 radical (unpaired) electrons. The number of rotatable bonds is 4. The SMILES string of the molecule is NC(=O)c1ccccc1CCC1CCCCC1. The maximum absolute atomic E-state index is 11.3. The van der Waals surface area contributed by atoms with Gasteiger partial charge in [-0.25, -0.2) is 0 Å². The number of carbonyl (C=O) groups excluding carboxylic acids is 1. The summed E-state index contributed by atoms with van der Waals surface area (Å²) in [5.41, 5.74) is 7.20. The lowest BCUT2D eigenvalue weighted by molar-refractivity contribution is 0.0999. The van der Waals surface area contributed by atoms with Crippen LogP contribution in [0.5, 0.6) is 0 Å². The minimum absolute atomic E-state index is 0.302. The van der Waals surface area contributed by atoms with E-state index in [4.69, 9.17) is 5.73 Å². The van der Waals surface area contributed by atoms with E-state index in [-0.39, 0.29) is 5.91 Å². The van der Waals surface area contributed by atoms with E-state index in [9.17, 15) is 4.79 Å². The minimum atomic E-state index is -0.302. The molecule has 0 atom stereocenters. The smallest absolute Gasteiger partial charge is 0.248 e. The summed E-state index contributed by atoms with van der Waals surface area (Å²) in [4.78, 5) is 11.3. The zero-order valence-corrected chi connectivity index (χ0v) is 10.3. The number of aryl methyl sites for hydroxylation is 1. The van der Waals surface area contributed by atoms with Crippen molar-refractivity contribution in [3.63, 3.8) is 0 Å². The lowest BCUT2D eigenvalue weighted by atomic mass is 9.85. The minimum Gasteiger partial charge on any atom is -0.366 e. The average molecular weight is 231 g/mol. The maximum atomic E-state index is 11.3. The van der Waals surface area contributed by atoms with E-state index in [1.807, 2.05) is 24.3 Å². The van der Waals surface area contributed by atoms with Gasteiger partial charge in [0.05, 0.1) is 0 Å². The largest absolute Gasteiger partial charge is 0.366 e. The summed E-state index contributed by atoms with van der Waals surface area (Å²) in [7, 11) is 0. The molecular weight excluding hydrogens is 210 g/mol. The van der Waals surface area contributed by atoms with Gasteiger partial charge in [0.25, 0.3) is 0 Å². The summed E-state index contributed by atoms with van der Waals surface area (Å²) >= 11 is 0. The number of benzene rings is 1. The van der Waals surface area contributed by atoms with Gasteiger partial charge in [-0.15, -0.1) is 0 Å². The van der Waals surface area contributed by atoms with Crippen molar-refractivity contribution in [2.75, 3.05) is 0 Å². The Kier molecular flexibility index (Phi) is 4.18. The maximum Gasteiger partial charge on any atom is 0.248 e. The molecule has 1 saturated carbocycles. The fourth-order valence-electron chi connectivity index (χ4n) is 2.81. The third kappa shape index (κ3) is 3.32. The van der Waals surface area contributed by atoms with Crippen LogP contribution in [0.4, 0.5) is 0 Å². The Labute approximate surface area is 103 Å². The second-order valence-corrected chi connectivity index (χ2v) is 5.06. The van der Waals surface area contributed by atoms with Crippen LogP contribution in [0.15, 0.2) is 24.3 Å². The Morgan fingerprint density at radius 2 is 1.88 bits per heavy atom. The number of carbonyl (C=O) groups is 1. The first-order chi connectivity index (χ1) is 8.27. The molecule has 1 fully saturated rings. The van der Waals surface area contributed by atoms with Crippen LogP contribution in [0.1, 0.15) is 54.4 Å². The van der Waals surface area contributed by atoms with Crippen molar-refractivity contribution in [3.05, 3.63) is 35.4 Å². The molecule has 1 aromatic rings. The van der Waals surface area contributed by atoms with Gasteiger partial charge in [0.15, 0.2) is 0 Å². The van der Waals surface area contributed by atoms with Gasteiger partial charge in [0, 0.05) is 5.56 Å². The van der Waals surface area contributed by atoms with Crippen LogP contribution in [0, 0.1) is 5.92 Å². The van der Waals surface area contributed by atoms with E-state index in [2.05, 4.69) is 0 Å². The summed E-state index contributed by atoms with van der Waals surface area (Å²) in [5, 5.41) is 0. The molecule has 0 aliphatic heterocycles. The summed E-state index contributed by atoms with van der Waals surface area (Å²) in [6.45, 7) is 0. The molecule has 0 unspecified atom stereocenters. The predicted octanol–water partition coefficient (Wildman–Crippen LogP) is 3.30. The van der Waals surface area contributed by atoms with Crippen molar-refractivity contribution in [1.29, 1.82) is 0 Å². The van der Waals surface area contributed by atoms with Gasteiger partial charge < -0.3 is 5.73 Å². The second-order valence-electron chi connectivity index (χ2n) is 5.06. The molecule has 0 spiro atoms. The van der Waals surface area contributed by atoms with Crippen LogP contribution in [-0.2, 0) is 6.42 Å². The molecule has 2 heteroatoms. The molecule has 2 N–H and O–H groups in total. The fourth-order valence-corrected chi connectivity index (χ4v) is 2.81. The average Bonchev–Trinajstić information content (AvgIpc) is 2.38. The molecular formula is C15H21NO. The number of hydrogen-bond acceptors (Lipinski definition) is 1. The summed E-state index contributed by atoms with van der Waals surface area (Å²) in [6.07, 6.45) is 9.06. The lowest BCUT2D eigenvalue weighted by Gasteiger charge is -2.21. The van der Waals surface area contributed by atoms with E-state index < -0.39 is 0 Å². The third-order valence-electron chi connectivity index (χ3n) is 3.83. The van der Waals surface area contributed by atoms with Gasteiger partial charge in [-0.1, -0.05) is 50.3 Å². The molecule has 0 aromatic heterocycles. The standard InChI is InChI=1S/C15H21NO/c16-15(17)14-9-5-4-8-13(14)11-10-12-6-2-1-3-7-12/h4-5,8-9,12H,1-3,6-7,10-11H2,(H2,16,17). The van der Waals surface area contributed by atoms with Crippen molar-refractivity contribution >= 4 is 5.91 Å². The number of nitrogens with two attached hydrogens (primary N) is 1. The van der Waals surface area contributed by atoms with Gasteiger partial charge in [-0.2, -0.15) is 0 Å². The van der Waals surface area contributed by atoms with E-state index >= 15 is 0 Å². The van der Waals surface area contributed by atoms with Crippen molar-refractivity contribution in [2.45, 2.75) is 44.9 Å². The first-order valence-electron chi connectivity index (χ1n) is 6.65. The molecule has 1 aromatic carbocycles. The summed E-state index contributed by atoms with van der Waals surface area (Å²) in [6, 6.07) is 7.73. The molecule has 0 saturated heterocycles. The van der Waals surface area contributed by atoms with Crippen LogP contribution in [0.3, 0.4) is 0 Å². The monoisotopic (exact) mass is 231 g/mol. The highest BCUT2D eigenvalue weighted by atomic mass is 16.1. The Morgan fingerprint density at radius 1 is 1.18 bits per heavy atom. The predicted molar refractivity (Wildman–Crippen MR) is 69.9 cm³/mol. The topological polar surface area (TPSA) is 43.1 Å². The number of primary amides is 1. The van der Waals surface area contributed by atoms with Crippen LogP contribution >= 0.6 is 0 Å². The second kappa shape index (κ2) is 5.85. The first-order valence-corrected chi connectivity index (χ1v) is 6.65. The molecule has 1 aliphatic carbocycles. The Morgan fingerprint density at radius 3 is 2.59 bits per heavy atom. The molecule has 1 amide bonds. The molecule has 0 heterocycles. The molecule has 1 aliphatic rings. The van der Waals surface area contributed by atoms with Crippen molar-refractivity contribution in [1.82, 2.24) is 0 Å². The molecule has 2 nitrogen and oxygen atoms in total. The van der Waals surface area contributed by atoms with Gasteiger partial charge in [0.2, 0.25) is 5.91 Å². The summed E-state index contributed by atoms with van der Waals surface area (Å²) in [5.74, 6) is 0.550. The zero-order valence-electron chi connectivity index (χ0n) is 10.3. The van der Waals surface area contributed by atoms with Crippen LogP contribution in [-0.4, -0.2) is 5.91 Å². The molecule has 92 valence electrons. The Balaban J connectivity index is 1.96. The lowest BCUT2D eigenvalue weighted by Crippen LogP contribution is -2.14. The van der Waals surface area contributed by atoms with Crippen LogP contribution in [0.25, 0.3) is 0 Å². The zero-order chi connectivity index (χ0) is 12.1. The van der Waals surface area contributed by atoms with Crippen molar-refractivity contribution < 1.29 is 4.79 Å². The van der Waals surface area contributed by atoms with E-state index in [1.165, 1.54) is 38.5 Å². The van der Waals surface area contributed by atoms with Crippen molar-refractivity contribution in [3.8, 4) is 0 Å². The number of amides is 1. The molecule has 17 heavy (non-hydrogen) atoms. The Bertz CT molecular complexity index is 380. The third-order valence-corrected chi connectivity index (χ3v) is 3.83. The van der Waals surface area contributed by atoms with Gasteiger partial charge in [0.1, 0.15) is 0 Å². The summed E-state index contributed by atoms with van der Waals surface area (Å²) < 4.78 is 0. The van der Waals surface area contributed by atoms with E-state index in [0.717, 1.165) is 17.9 Å². The van der Waals surface area contributed by atoms with E-state index in [0.29, 0.717) is 5.56 Å². The van der Waals surface area contributed by atoms with Gasteiger partial charge in [-0.05, 0) is 30.4 Å². The van der Waals surface area contributed by atoms with Crippen LogP contribution < -0.4 is 5.73 Å². The van der Waals surface area contributed by atoms with E-state index in [1.54, 1.807) is 0 Å². The van der Waals surface area contributed by atoms with Gasteiger partial charge in [-0.3, -0.25) is 4.79 Å². The highest BCUT2D eigenvalue weighted by Gasteiger charge is 2.14.